The number of aryl methyl sites for hydroxylation is 1. The maximum atomic E-state index is 13.0. The first kappa shape index (κ1) is 16.6. The van der Waals surface area contributed by atoms with Gasteiger partial charge in [-0.05, 0) is 55.5 Å². The fourth-order valence-electron chi connectivity index (χ4n) is 3.29. The third-order valence-corrected chi connectivity index (χ3v) is 5.86. The van der Waals surface area contributed by atoms with E-state index in [9.17, 15) is 12.8 Å². The van der Waals surface area contributed by atoms with Gasteiger partial charge in [0, 0.05) is 34.0 Å². The molecule has 0 aliphatic rings. The summed E-state index contributed by atoms with van der Waals surface area (Å²) in [6.45, 7) is 2.90. The molecule has 6 heteroatoms. The molecule has 4 rings (SSSR count). The second-order valence-electron chi connectivity index (χ2n) is 6.05. The third-order valence-electron chi connectivity index (χ3n) is 4.46. The van der Waals surface area contributed by atoms with E-state index in [2.05, 4.69) is 22.3 Å². The van der Waals surface area contributed by atoms with Crippen LogP contribution in [0.1, 0.15) is 6.92 Å². The number of hydrogen-bond acceptors (Lipinski definition) is 2. The molecule has 0 amide bonds. The average Bonchev–Trinajstić information content (AvgIpc) is 2.95. The average molecular weight is 368 g/mol. The number of fused-ring (bicyclic) bond motifs is 3. The molecule has 3 aromatic carbocycles. The standard InChI is InChI=1S/C20H17FN2O2S/c1-2-23-19-6-4-3-5-17(19)18-13-15(9-12-20(18)23)22-26(24,25)16-10-7-14(21)8-11-16/h3-13,22H,2H2,1H3. The lowest BCUT2D eigenvalue weighted by molar-refractivity contribution is 0.599. The van der Waals surface area contributed by atoms with Crippen molar-refractivity contribution in [2.75, 3.05) is 4.72 Å². The van der Waals surface area contributed by atoms with E-state index >= 15 is 0 Å². The predicted octanol–water partition coefficient (Wildman–Crippen LogP) is 4.75. The Kier molecular flexibility index (Phi) is 3.92. The van der Waals surface area contributed by atoms with Crippen molar-refractivity contribution in [1.82, 2.24) is 4.57 Å². The minimum absolute atomic E-state index is 0.0231. The summed E-state index contributed by atoms with van der Waals surface area (Å²) in [6.07, 6.45) is 0. The van der Waals surface area contributed by atoms with E-state index in [1.165, 1.54) is 12.1 Å². The zero-order chi connectivity index (χ0) is 18.3. The van der Waals surface area contributed by atoms with Gasteiger partial charge in [-0.25, -0.2) is 12.8 Å². The van der Waals surface area contributed by atoms with Gasteiger partial charge in [-0.15, -0.1) is 0 Å². The van der Waals surface area contributed by atoms with Crippen LogP contribution in [0.5, 0.6) is 0 Å². The fraction of sp³-hybridized carbons (Fsp3) is 0.100. The second-order valence-corrected chi connectivity index (χ2v) is 7.74. The van der Waals surface area contributed by atoms with Crippen LogP contribution in [0.3, 0.4) is 0 Å². The largest absolute Gasteiger partial charge is 0.341 e. The van der Waals surface area contributed by atoms with Gasteiger partial charge in [-0.3, -0.25) is 4.72 Å². The van der Waals surface area contributed by atoms with E-state index in [1.54, 1.807) is 6.07 Å². The van der Waals surface area contributed by atoms with Crippen molar-refractivity contribution < 1.29 is 12.8 Å². The van der Waals surface area contributed by atoms with E-state index in [0.29, 0.717) is 5.69 Å². The van der Waals surface area contributed by atoms with Gasteiger partial charge in [0.25, 0.3) is 10.0 Å². The minimum atomic E-state index is -3.77. The number of benzene rings is 3. The lowest BCUT2D eigenvalue weighted by Gasteiger charge is -2.09. The van der Waals surface area contributed by atoms with Crippen LogP contribution in [0.25, 0.3) is 21.8 Å². The number of hydrogen-bond donors (Lipinski definition) is 1. The van der Waals surface area contributed by atoms with Crippen LogP contribution < -0.4 is 4.72 Å². The Hall–Kier alpha value is -2.86. The topological polar surface area (TPSA) is 51.1 Å². The number of anilines is 1. The molecule has 0 spiro atoms. The van der Waals surface area contributed by atoms with Crippen molar-refractivity contribution in [3.05, 3.63) is 72.5 Å². The van der Waals surface area contributed by atoms with E-state index < -0.39 is 15.8 Å². The Morgan fingerprint density at radius 3 is 2.35 bits per heavy atom. The normalized spacial score (nSPS) is 11.9. The molecule has 0 fully saturated rings. The first-order valence-electron chi connectivity index (χ1n) is 8.29. The predicted molar refractivity (Wildman–Crippen MR) is 102 cm³/mol. The summed E-state index contributed by atoms with van der Waals surface area (Å²) in [5, 5.41) is 2.06. The van der Waals surface area contributed by atoms with Gasteiger partial charge in [0.2, 0.25) is 0 Å². The highest BCUT2D eigenvalue weighted by Crippen LogP contribution is 2.31. The third kappa shape index (κ3) is 2.72. The highest BCUT2D eigenvalue weighted by atomic mass is 32.2. The van der Waals surface area contributed by atoms with Gasteiger partial charge in [-0.2, -0.15) is 0 Å². The Balaban J connectivity index is 1.81. The Morgan fingerprint density at radius 1 is 0.923 bits per heavy atom. The number of para-hydroxylation sites is 1. The monoisotopic (exact) mass is 368 g/mol. The lowest BCUT2D eigenvalue weighted by atomic mass is 10.1. The van der Waals surface area contributed by atoms with E-state index in [4.69, 9.17) is 0 Å². The summed E-state index contributed by atoms with van der Waals surface area (Å²) in [5.74, 6) is -0.474. The summed E-state index contributed by atoms with van der Waals surface area (Å²) >= 11 is 0. The molecule has 0 saturated carbocycles. The van der Waals surface area contributed by atoms with Crippen LogP contribution in [-0.4, -0.2) is 13.0 Å². The number of halogens is 1. The molecule has 0 saturated heterocycles. The van der Waals surface area contributed by atoms with Crippen molar-refractivity contribution in [2.24, 2.45) is 0 Å². The molecule has 0 radical (unpaired) electrons. The maximum absolute atomic E-state index is 13.0. The van der Waals surface area contributed by atoms with E-state index in [0.717, 1.165) is 40.5 Å². The van der Waals surface area contributed by atoms with E-state index in [1.807, 2.05) is 30.3 Å². The van der Waals surface area contributed by atoms with Crippen LogP contribution in [0, 0.1) is 5.82 Å². The highest BCUT2D eigenvalue weighted by Gasteiger charge is 2.16. The van der Waals surface area contributed by atoms with E-state index in [-0.39, 0.29) is 4.90 Å². The molecular weight excluding hydrogens is 351 g/mol. The summed E-state index contributed by atoms with van der Waals surface area (Å²) < 4.78 is 42.9. The molecule has 0 aliphatic heterocycles. The van der Waals surface area contributed by atoms with Crippen molar-refractivity contribution in [1.29, 1.82) is 0 Å². The minimum Gasteiger partial charge on any atom is -0.341 e. The molecule has 0 atom stereocenters. The van der Waals surface area contributed by atoms with Crippen molar-refractivity contribution in [3.8, 4) is 0 Å². The van der Waals surface area contributed by atoms with Gasteiger partial charge in [-0.1, -0.05) is 18.2 Å². The second kappa shape index (κ2) is 6.14. The number of nitrogens with zero attached hydrogens (tertiary/aromatic N) is 1. The van der Waals surface area contributed by atoms with Gasteiger partial charge in [0.1, 0.15) is 5.82 Å². The van der Waals surface area contributed by atoms with Gasteiger partial charge in [0.05, 0.1) is 4.90 Å². The van der Waals surface area contributed by atoms with Gasteiger partial charge in [0.15, 0.2) is 0 Å². The molecule has 26 heavy (non-hydrogen) atoms. The molecule has 132 valence electrons. The number of rotatable bonds is 4. The number of nitrogens with one attached hydrogen (secondary N) is 1. The Labute approximate surface area is 150 Å². The van der Waals surface area contributed by atoms with Crippen LogP contribution >= 0.6 is 0 Å². The SMILES string of the molecule is CCn1c2ccccc2c2cc(NS(=O)(=O)c3ccc(F)cc3)ccc21. The molecule has 1 N–H and O–H groups in total. The lowest BCUT2D eigenvalue weighted by Crippen LogP contribution is -2.12. The first-order chi connectivity index (χ1) is 12.5. The summed E-state index contributed by atoms with van der Waals surface area (Å²) in [6, 6.07) is 18.3. The van der Waals surface area contributed by atoms with Crippen LogP contribution in [0.15, 0.2) is 71.6 Å². The van der Waals surface area contributed by atoms with Crippen LogP contribution in [-0.2, 0) is 16.6 Å². The fourth-order valence-corrected chi connectivity index (χ4v) is 4.34. The molecule has 0 bridgehead atoms. The molecule has 4 nitrogen and oxygen atoms in total. The maximum Gasteiger partial charge on any atom is 0.261 e. The van der Waals surface area contributed by atoms with Gasteiger partial charge < -0.3 is 4.57 Å². The molecule has 1 aromatic heterocycles. The summed E-state index contributed by atoms with van der Waals surface area (Å²) in [4.78, 5) is 0.0231. The smallest absolute Gasteiger partial charge is 0.261 e. The quantitative estimate of drug-likeness (QED) is 0.565. The van der Waals surface area contributed by atoms with Crippen LogP contribution in [0.4, 0.5) is 10.1 Å². The molecule has 4 aromatic rings. The van der Waals surface area contributed by atoms with Crippen molar-refractivity contribution >= 4 is 37.5 Å². The molecular formula is C20H17FN2O2S. The molecule has 0 aliphatic carbocycles. The highest BCUT2D eigenvalue weighted by molar-refractivity contribution is 7.92. The van der Waals surface area contributed by atoms with Crippen LogP contribution in [0.2, 0.25) is 0 Å². The van der Waals surface area contributed by atoms with Crippen molar-refractivity contribution in [2.45, 2.75) is 18.4 Å². The molecule has 1 heterocycles. The number of aromatic nitrogens is 1. The molecule has 0 unspecified atom stereocenters. The summed E-state index contributed by atoms with van der Waals surface area (Å²) in [5.41, 5.74) is 2.64. The van der Waals surface area contributed by atoms with Gasteiger partial charge >= 0.3 is 0 Å². The summed E-state index contributed by atoms with van der Waals surface area (Å²) in [7, 11) is -3.77. The van der Waals surface area contributed by atoms with Crippen molar-refractivity contribution in [3.63, 3.8) is 0 Å². The zero-order valence-electron chi connectivity index (χ0n) is 14.1. The zero-order valence-corrected chi connectivity index (χ0v) is 14.9. The Morgan fingerprint density at radius 2 is 1.62 bits per heavy atom. The Bertz CT molecular complexity index is 1210. The first-order valence-corrected chi connectivity index (χ1v) is 9.77. The number of sulfonamides is 1.